The minimum atomic E-state index is -0.527. The molecule has 0 aromatic heterocycles. The van der Waals surface area contributed by atoms with Gasteiger partial charge in [-0.2, -0.15) is 0 Å². The van der Waals surface area contributed by atoms with Gasteiger partial charge in [0.1, 0.15) is 0 Å². The van der Waals surface area contributed by atoms with Crippen LogP contribution in [0.5, 0.6) is 0 Å². The largest absolute Gasteiger partial charge is 0.386 e. The lowest BCUT2D eigenvalue weighted by Gasteiger charge is -2.37. The van der Waals surface area contributed by atoms with E-state index < -0.39 is 6.10 Å². The Labute approximate surface area is 149 Å². The molecule has 1 aliphatic heterocycles. The molecule has 0 aliphatic carbocycles. The number of halogens is 2. The van der Waals surface area contributed by atoms with Crippen LogP contribution in [0.25, 0.3) is 0 Å². The fourth-order valence-electron chi connectivity index (χ4n) is 3.28. The highest BCUT2D eigenvalue weighted by atomic mass is 35.5. The van der Waals surface area contributed by atoms with Gasteiger partial charge in [-0.3, -0.25) is 4.90 Å². The van der Waals surface area contributed by atoms with Crippen molar-refractivity contribution in [3.63, 3.8) is 0 Å². The summed E-state index contributed by atoms with van der Waals surface area (Å²) in [5, 5.41) is 11.7. The minimum absolute atomic E-state index is 0. The number of hydrogen-bond acceptors (Lipinski definition) is 2. The van der Waals surface area contributed by atoms with Gasteiger partial charge in [-0.05, 0) is 49.2 Å². The lowest BCUT2D eigenvalue weighted by Crippen LogP contribution is -2.37. The molecule has 3 rings (SSSR count). The van der Waals surface area contributed by atoms with Crippen molar-refractivity contribution in [2.45, 2.75) is 31.4 Å². The van der Waals surface area contributed by atoms with Crippen LogP contribution in [0.2, 0.25) is 5.02 Å². The Morgan fingerprint density at radius 2 is 1.43 bits per heavy atom. The van der Waals surface area contributed by atoms with Crippen LogP contribution in [-0.4, -0.2) is 23.1 Å². The monoisotopic (exact) mass is 351 g/mol. The summed E-state index contributed by atoms with van der Waals surface area (Å²) in [6, 6.07) is 17.8. The zero-order valence-electron chi connectivity index (χ0n) is 13.1. The highest BCUT2D eigenvalue weighted by Gasteiger charge is 2.29. The molecule has 2 aromatic rings. The fraction of sp³-hybridized carbons (Fsp3) is 0.368. The van der Waals surface area contributed by atoms with Gasteiger partial charge in [-0.1, -0.05) is 60.5 Å². The number of likely N-dealkylation sites (tertiary alicyclic amines) is 1. The van der Waals surface area contributed by atoms with Gasteiger partial charge in [-0.15, -0.1) is 12.4 Å². The Bertz CT molecular complexity index is 582. The Kier molecular flexibility index (Phi) is 6.91. The number of aliphatic hydroxyl groups is 1. The van der Waals surface area contributed by atoms with E-state index in [0.717, 1.165) is 29.2 Å². The van der Waals surface area contributed by atoms with Crippen LogP contribution in [0, 0.1) is 0 Å². The van der Waals surface area contributed by atoms with E-state index >= 15 is 0 Å². The second kappa shape index (κ2) is 8.70. The zero-order chi connectivity index (χ0) is 15.4. The number of rotatable bonds is 4. The van der Waals surface area contributed by atoms with E-state index in [1.807, 2.05) is 54.6 Å². The molecule has 23 heavy (non-hydrogen) atoms. The van der Waals surface area contributed by atoms with Gasteiger partial charge in [0.15, 0.2) is 0 Å². The zero-order valence-corrected chi connectivity index (χ0v) is 14.6. The maximum atomic E-state index is 11.0. The molecule has 4 heteroatoms. The van der Waals surface area contributed by atoms with E-state index in [-0.39, 0.29) is 18.4 Å². The smallest absolute Gasteiger partial charge is 0.0986 e. The van der Waals surface area contributed by atoms with Crippen LogP contribution < -0.4 is 0 Å². The first-order valence-electron chi connectivity index (χ1n) is 7.98. The van der Waals surface area contributed by atoms with Gasteiger partial charge in [0.05, 0.1) is 12.1 Å². The topological polar surface area (TPSA) is 23.5 Å². The third-order valence-corrected chi connectivity index (χ3v) is 4.69. The summed E-state index contributed by atoms with van der Waals surface area (Å²) in [6.45, 7) is 2.08. The summed E-state index contributed by atoms with van der Waals surface area (Å²) in [6.07, 6.45) is 3.16. The summed E-state index contributed by atoms with van der Waals surface area (Å²) in [5.41, 5.74) is 2.09. The molecule has 1 N–H and O–H groups in total. The molecule has 2 unspecified atom stereocenters. The van der Waals surface area contributed by atoms with Crippen LogP contribution in [-0.2, 0) is 0 Å². The number of piperidine rings is 1. The molecule has 1 fully saturated rings. The van der Waals surface area contributed by atoms with E-state index in [2.05, 4.69) is 4.90 Å². The van der Waals surface area contributed by atoms with Crippen molar-refractivity contribution in [1.82, 2.24) is 4.90 Å². The maximum absolute atomic E-state index is 11.0. The first-order chi connectivity index (χ1) is 10.8. The lowest BCUT2D eigenvalue weighted by atomic mass is 9.93. The summed E-state index contributed by atoms with van der Waals surface area (Å²) >= 11 is 6.02. The molecule has 1 heterocycles. The molecule has 1 saturated heterocycles. The second-order valence-corrected chi connectivity index (χ2v) is 6.38. The van der Waals surface area contributed by atoms with Crippen LogP contribution in [0.3, 0.4) is 0 Å². The van der Waals surface area contributed by atoms with Gasteiger partial charge in [0, 0.05) is 5.02 Å². The molecular formula is C19H23Cl2NO. The average molecular weight is 352 g/mol. The summed E-state index contributed by atoms with van der Waals surface area (Å²) in [5.74, 6) is 0. The predicted molar refractivity (Wildman–Crippen MR) is 98.3 cm³/mol. The van der Waals surface area contributed by atoms with Crippen molar-refractivity contribution in [3.05, 3.63) is 70.7 Å². The van der Waals surface area contributed by atoms with Crippen LogP contribution >= 0.6 is 24.0 Å². The van der Waals surface area contributed by atoms with Crippen molar-refractivity contribution in [2.24, 2.45) is 0 Å². The highest BCUT2D eigenvalue weighted by Crippen LogP contribution is 2.36. The molecule has 124 valence electrons. The lowest BCUT2D eigenvalue weighted by molar-refractivity contribution is 0.0362. The third-order valence-electron chi connectivity index (χ3n) is 4.44. The SMILES string of the molecule is Cl.OC(c1ccccc1)C(c1ccc(Cl)cc1)N1CCCCC1. The minimum Gasteiger partial charge on any atom is -0.386 e. The van der Waals surface area contributed by atoms with Gasteiger partial charge in [0.2, 0.25) is 0 Å². The van der Waals surface area contributed by atoms with Gasteiger partial charge in [-0.25, -0.2) is 0 Å². The quantitative estimate of drug-likeness (QED) is 0.835. The van der Waals surface area contributed by atoms with E-state index in [1.54, 1.807) is 0 Å². The third kappa shape index (κ3) is 4.48. The number of hydrogen-bond donors (Lipinski definition) is 1. The molecule has 0 bridgehead atoms. The fourth-order valence-corrected chi connectivity index (χ4v) is 3.41. The van der Waals surface area contributed by atoms with E-state index in [4.69, 9.17) is 11.6 Å². The number of aliphatic hydroxyl groups excluding tert-OH is 1. The van der Waals surface area contributed by atoms with Gasteiger partial charge >= 0.3 is 0 Å². The van der Waals surface area contributed by atoms with Crippen molar-refractivity contribution in [3.8, 4) is 0 Å². The second-order valence-electron chi connectivity index (χ2n) is 5.95. The molecule has 1 aliphatic rings. The molecule has 2 aromatic carbocycles. The molecule has 2 nitrogen and oxygen atoms in total. The Morgan fingerprint density at radius 3 is 2.04 bits per heavy atom. The van der Waals surface area contributed by atoms with Crippen molar-refractivity contribution >= 4 is 24.0 Å². The molecule has 0 spiro atoms. The molecule has 0 radical (unpaired) electrons. The highest BCUT2D eigenvalue weighted by molar-refractivity contribution is 6.30. The maximum Gasteiger partial charge on any atom is 0.0986 e. The van der Waals surface area contributed by atoms with E-state index in [1.165, 1.54) is 19.3 Å². The first kappa shape index (κ1) is 18.3. The predicted octanol–water partition coefficient (Wildman–Crippen LogP) is 5.02. The summed E-state index contributed by atoms with van der Waals surface area (Å²) in [7, 11) is 0. The van der Waals surface area contributed by atoms with Crippen LogP contribution in [0.4, 0.5) is 0 Å². The Balaban J connectivity index is 0.00000192. The Hall–Kier alpha value is -1.06. The Morgan fingerprint density at radius 1 is 0.826 bits per heavy atom. The molecule has 0 saturated carbocycles. The van der Waals surface area contributed by atoms with E-state index in [0.29, 0.717) is 0 Å². The summed E-state index contributed by atoms with van der Waals surface area (Å²) < 4.78 is 0. The average Bonchev–Trinajstić information content (AvgIpc) is 2.58. The van der Waals surface area contributed by atoms with Crippen molar-refractivity contribution in [2.75, 3.05) is 13.1 Å². The van der Waals surface area contributed by atoms with E-state index in [9.17, 15) is 5.11 Å². The molecule has 0 amide bonds. The van der Waals surface area contributed by atoms with Gasteiger partial charge < -0.3 is 5.11 Å². The van der Waals surface area contributed by atoms with Crippen molar-refractivity contribution < 1.29 is 5.11 Å². The van der Waals surface area contributed by atoms with Gasteiger partial charge in [0.25, 0.3) is 0 Å². The van der Waals surface area contributed by atoms with Crippen molar-refractivity contribution in [1.29, 1.82) is 0 Å². The first-order valence-corrected chi connectivity index (χ1v) is 8.36. The normalized spacial score (nSPS) is 18.0. The standard InChI is InChI=1S/C19H22ClNO.ClH/c20-17-11-9-15(10-12-17)18(21-13-5-2-6-14-21)19(22)16-7-3-1-4-8-16;/h1,3-4,7-12,18-19,22H,2,5-6,13-14H2;1H. The summed E-state index contributed by atoms with van der Waals surface area (Å²) in [4.78, 5) is 2.41. The number of nitrogens with zero attached hydrogens (tertiary/aromatic N) is 1. The molecule has 2 atom stereocenters. The number of benzene rings is 2. The molecular weight excluding hydrogens is 329 g/mol. The van der Waals surface area contributed by atoms with Crippen LogP contribution in [0.15, 0.2) is 54.6 Å². The van der Waals surface area contributed by atoms with Crippen LogP contribution in [0.1, 0.15) is 42.5 Å².